The second-order valence-electron chi connectivity index (χ2n) is 14.7. The molecule has 0 bridgehead atoms. The van der Waals surface area contributed by atoms with Crippen molar-refractivity contribution in [2.75, 3.05) is 12.3 Å². The second-order valence-corrected chi connectivity index (χ2v) is 15.7. The molecule has 2 fully saturated rings. The Kier molecular flexibility index (Phi) is 12.5. The zero-order chi connectivity index (χ0) is 41.6. The van der Waals surface area contributed by atoms with Gasteiger partial charge in [-0.15, -0.1) is 0 Å². The molecular weight excluding hydrogens is 792 g/mol. The highest BCUT2D eigenvalue weighted by Crippen LogP contribution is 2.41. The molecule has 6 aromatic rings. The maximum Gasteiger partial charge on any atom is 0.471 e. The van der Waals surface area contributed by atoms with Crippen LogP contribution in [0.15, 0.2) is 143 Å². The number of carbonyl (C=O) groups excluding carboxylic acids is 2. The lowest BCUT2D eigenvalue weighted by molar-refractivity contribution is -0.245. The third kappa shape index (κ3) is 9.50. The van der Waals surface area contributed by atoms with E-state index < -0.39 is 30.3 Å². The van der Waals surface area contributed by atoms with Crippen molar-refractivity contribution < 1.29 is 41.8 Å². The van der Waals surface area contributed by atoms with Crippen molar-refractivity contribution in [3.8, 4) is 33.7 Å². The Balaban J connectivity index is 0.968. The van der Waals surface area contributed by atoms with Crippen LogP contribution in [0.3, 0.4) is 0 Å². The van der Waals surface area contributed by atoms with Gasteiger partial charge in [0.2, 0.25) is 5.91 Å². The van der Waals surface area contributed by atoms with Gasteiger partial charge in [-0.2, -0.15) is 13.2 Å². The molecule has 308 valence electrons. The lowest BCUT2D eigenvalue weighted by Crippen LogP contribution is -2.50. The predicted molar refractivity (Wildman–Crippen MR) is 221 cm³/mol. The number of benzene rings is 5. The molecule has 2 amide bonds. The molecule has 13 heteroatoms. The number of alkyl halides is 3. The molecule has 2 saturated heterocycles. The third-order valence-electron chi connectivity index (χ3n) is 10.7. The molecule has 1 aromatic heterocycles. The first kappa shape index (κ1) is 41.0. The van der Waals surface area contributed by atoms with Crippen molar-refractivity contribution in [2.45, 2.75) is 68.4 Å². The zero-order valence-corrected chi connectivity index (χ0v) is 33.2. The average molecular weight is 834 g/mol. The number of rotatable bonds is 12. The maximum absolute atomic E-state index is 13.1. The molecule has 4 atom stereocenters. The number of hydrogen-bond acceptors (Lipinski definition) is 8. The van der Waals surface area contributed by atoms with Crippen LogP contribution in [-0.4, -0.2) is 57.4 Å². The number of hydrogen-bond donors (Lipinski definition) is 2. The van der Waals surface area contributed by atoms with Gasteiger partial charge in [0, 0.05) is 42.0 Å². The van der Waals surface area contributed by atoms with E-state index in [-0.39, 0.29) is 38.3 Å². The number of thioether (sulfide) groups is 1. The highest BCUT2D eigenvalue weighted by atomic mass is 32.2. The van der Waals surface area contributed by atoms with Crippen LogP contribution in [0.25, 0.3) is 33.7 Å². The Morgan fingerprint density at radius 3 is 2.17 bits per heavy atom. The minimum Gasteiger partial charge on any atom is -0.431 e. The van der Waals surface area contributed by atoms with Crippen molar-refractivity contribution in [3.63, 3.8) is 0 Å². The van der Waals surface area contributed by atoms with Crippen LogP contribution in [0.4, 0.5) is 13.2 Å². The number of halogens is 3. The summed E-state index contributed by atoms with van der Waals surface area (Å²) in [5, 5.41) is 12.9. The fraction of sp³-hybridized carbons (Fsp3) is 0.255. The lowest BCUT2D eigenvalue weighted by atomic mass is 9.99. The minimum absolute atomic E-state index is 0.0560. The van der Waals surface area contributed by atoms with Gasteiger partial charge in [0.1, 0.15) is 11.7 Å². The van der Waals surface area contributed by atoms with E-state index >= 15 is 0 Å². The fourth-order valence-corrected chi connectivity index (χ4v) is 8.41. The summed E-state index contributed by atoms with van der Waals surface area (Å²) < 4.78 is 58.9. The normalized spacial score (nSPS) is 19.3. The van der Waals surface area contributed by atoms with Gasteiger partial charge in [0.25, 0.3) is 5.22 Å². The monoisotopic (exact) mass is 833 g/mol. The summed E-state index contributed by atoms with van der Waals surface area (Å²) in [4.78, 5) is 30.3. The van der Waals surface area contributed by atoms with Crippen LogP contribution < -0.4 is 5.32 Å². The zero-order valence-electron chi connectivity index (χ0n) is 32.4. The topological polar surface area (TPSA) is 114 Å². The molecule has 2 N–H and O–H groups in total. The predicted octanol–water partition coefficient (Wildman–Crippen LogP) is 9.68. The first-order chi connectivity index (χ1) is 29.1. The first-order valence-electron chi connectivity index (χ1n) is 19.7. The molecule has 8 rings (SSSR count). The molecule has 5 aromatic carbocycles. The largest absolute Gasteiger partial charge is 0.471 e. The number of nitrogens with zero attached hydrogens (tertiary/aromatic N) is 2. The smallest absolute Gasteiger partial charge is 0.431 e. The van der Waals surface area contributed by atoms with Crippen molar-refractivity contribution in [3.05, 3.63) is 156 Å². The summed E-state index contributed by atoms with van der Waals surface area (Å²) in [6.07, 6.45) is -5.16. The Morgan fingerprint density at radius 2 is 1.47 bits per heavy atom. The number of carbonyl (C=O) groups is 2. The standard InChI is InChI=1S/C47H42F3N3O6S/c48-47(49,50)45(56)53-24-8-15-39(53)43(55)51-27-31-9-7-14-37(25-31)32-20-22-36(23-21-32)44-57-38(26-40(58-44)33-18-16-30(28-54)17-19-33)29-60-46-52-41(34-10-3-1-4-11-34)42(59-46)35-12-5-2-6-13-35/h1-7,9-14,16-23,25,38-40,44,54H,8,15,24,26-29H2,(H,51,55). The number of amides is 2. The Bertz CT molecular complexity index is 2340. The quantitative estimate of drug-likeness (QED) is 0.117. The van der Waals surface area contributed by atoms with E-state index in [1.54, 1.807) is 0 Å². The van der Waals surface area contributed by atoms with Crippen LogP contribution in [0.2, 0.25) is 0 Å². The summed E-state index contributed by atoms with van der Waals surface area (Å²) in [6.45, 7) is -0.0709. The summed E-state index contributed by atoms with van der Waals surface area (Å²) in [5.74, 6) is -1.35. The molecule has 9 nitrogen and oxygen atoms in total. The highest BCUT2D eigenvalue weighted by molar-refractivity contribution is 7.99. The number of ether oxygens (including phenoxy) is 2. The molecule has 2 aliphatic heterocycles. The van der Waals surface area contributed by atoms with Crippen LogP contribution in [0.5, 0.6) is 0 Å². The van der Waals surface area contributed by atoms with E-state index in [0.29, 0.717) is 34.5 Å². The lowest BCUT2D eigenvalue weighted by Gasteiger charge is -2.36. The second kappa shape index (κ2) is 18.3. The number of oxazole rings is 1. The van der Waals surface area contributed by atoms with E-state index in [2.05, 4.69) is 5.32 Å². The molecule has 60 heavy (non-hydrogen) atoms. The molecular formula is C47H42F3N3O6S. The summed E-state index contributed by atoms with van der Waals surface area (Å²) in [5.41, 5.74) is 7.78. The Hall–Kier alpha value is -5.73. The van der Waals surface area contributed by atoms with Crippen LogP contribution >= 0.6 is 11.8 Å². The van der Waals surface area contributed by atoms with E-state index in [9.17, 15) is 27.9 Å². The molecule has 0 spiro atoms. The van der Waals surface area contributed by atoms with Gasteiger partial charge in [-0.05, 0) is 46.7 Å². The van der Waals surface area contributed by atoms with Gasteiger partial charge in [0.15, 0.2) is 12.1 Å². The third-order valence-corrected chi connectivity index (χ3v) is 11.6. The highest BCUT2D eigenvalue weighted by Gasteiger charge is 2.47. The minimum atomic E-state index is -5.03. The summed E-state index contributed by atoms with van der Waals surface area (Å²) >= 11 is 1.49. The molecule has 4 unspecified atom stereocenters. The number of aromatic nitrogens is 1. The molecule has 0 saturated carbocycles. The number of nitrogens with one attached hydrogen (secondary N) is 1. The molecule has 3 heterocycles. The van der Waals surface area contributed by atoms with Gasteiger partial charge in [-0.3, -0.25) is 9.59 Å². The van der Waals surface area contributed by atoms with Gasteiger partial charge >= 0.3 is 12.1 Å². The van der Waals surface area contributed by atoms with E-state index in [0.717, 1.165) is 50.2 Å². The van der Waals surface area contributed by atoms with Gasteiger partial charge in [-0.25, -0.2) is 4.98 Å². The van der Waals surface area contributed by atoms with Crippen LogP contribution in [0.1, 0.15) is 53.9 Å². The van der Waals surface area contributed by atoms with Crippen LogP contribution in [0, 0.1) is 0 Å². The molecule has 0 aliphatic carbocycles. The maximum atomic E-state index is 13.1. The number of aliphatic hydroxyl groups is 1. The Labute approximate surface area is 349 Å². The summed E-state index contributed by atoms with van der Waals surface area (Å²) in [7, 11) is 0. The fourth-order valence-electron chi connectivity index (χ4n) is 7.57. The molecule has 2 aliphatic rings. The first-order valence-corrected chi connectivity index (χ1v) is 20.7. The van der Waals surface area contributed by atoms with E-state index in [1.165, 1.54) is 11.8 Å². The van der Waals surface area contributed by atoms with Crippen LogP contribution in [-0.2, 0) is 32.2 Å². The SMILES string of the molecule is O=C(NCc1cccc(-c2ccc(C3OC(CSc4nc(-c5ccccc5)c(-c5ccccc5)o4)CC(c4ccc(CO)cc4)O3)cc2)c1)C1CCCN1C(=O)C(F)(F)F. The van der Waals surface area contributed by atoms with Gasteiger partial charge in [0.05, 0.1) is 18.8 Å². The molecule has 0 radical (unpaired) electrons. The number of likely N-dealkylation sites (tertiary alicyclic amines) is 1. The van der Waals surface area contributed by atoms with Crippen molar-refractivity contribution >= 4 is 23.6 Å². The van der Waals surface area contributed by atoms with E-state index in [4.69, 9.17) is 18.9 Å². The summed E-state index contributed by atoms with van der Waals surface area (Å²) in [6, 6.07) is 41.8. The van der Waals surface area contributed by atoms with Gasteiger partial charge in [-0.1, -0.05) is 139 Å². The number of aliphatic hydroxyl groups excluding tert-OH is 1. The Morgan fingerprint density at radius 1 is 0.783 bits per heavy atom. The van der Waals surface area contributed by atoms with Crippen molar-refractivity contribution in [2.24, 2.45) is 0 Å². The van der Waals surface area contributed by atoms with Gasteiger partial charge < -0.3 is 29.2 Å². The average Bonchev–Trinajstić information content (AvgIpc) is 3.96. The van der Waals surface area contributed by atoms with E-state index in [1.807, 2.05) is 133 Å². The van der Waals surface area contributed by atoms with Crippen molar-refractivity contribution in [1.82, 2.24) is 15.2 Å². The van der Waals surface area contributed by atoms with Crippen molar-refractivity contribution in [1.29, 1.82) is 0 Å².